The van der Waals surface area contributed by atoms with E-state index in [0.717, 1.165) is 10.1 Å². The molecule has 0 saturated heterocycles. The molecule has 0 bridgehead atoms. The van der Waals surface area contributed by atoms with Crippen LogP contribution in [0.25, 0.3) is 0 Å². The first kappa shape index (κ1) is 6.67. The number of hydroxylamine groups is 2. The van der Waals surface area contributed by atoms with Crippen molar-refractivity contribution in [3.05, 3.63) is 16.6 Å². The van der Waals surface area contributed by atoms with Crippen molar-refractivity contribution in [3.8, 4) is 0 Å². The van der Waals surface area contributed by atoms with Crippen LogP contribution in [0.3, 0.4) is 0 Å². The third kappa shape index (κ3) is 2.09. The highest BCUT2D eigenvalue weighted by atomic mass is 32.1. The Kier molecular flexibility index (Phi) is 2.16. The van der Waals surface area contributed by atoms with E-state index in [2.05, 4.69) is 4.98 Å². The summed E-state index contributed by atoms with van der Waals surface area (Å²) >= 11 is 1.54. The lowest BCUT2D eigenvalue weighted by atomic mass is 10.7. The standard InChI is InChI=1S/C5H8N2OS/c1-7(8)4-5-6-2-3-9-5/h2-3,8H,4H2,1H3. The third-order valence-electron chi connectivity index (χ3n) is 0.848. The van der Waals surface area contributed by atoms with Gasteiger partial charge in [0.25, 0.3) is 0 Å². The van der Waals surface area contributed by atoms with Crippen LogP contribution < -0.4 is 0 Å². The number of nitrogens with zero attached hydrogens (tertiary/aromatic N) is 2. The fraction of sp³-hybridized carbons (Fsp3) is 0.400. The van der Waals surface area contributed by atoms with Crippen LogP contribution in [0.5, 0.6) is 0 Å². The Bertz CT molecular complexity index is 161. The molecule has 1 rings (SSSR count). The summed E-state index contributed by atoms with van der Waals surface area (Å²) < 4.78 is 0. The van der Waals surface area contributed by atoms with E-state index < -0.39 is 0 Å². The molecule has 0 spiro atoms. The molecule has 0 fully saturated rings. The maximum Gasteiger partial charge on any atom is 0.109 e. The Morgan fingerprint density at radius 2 is 2.67 bits per heavy atom. The van der Waals surface area contributed by atoms with Gasteiger partial charge in [0, 0.05) is 18.6 Å². The maximum atomic E-state index is 8.72. The molecule has 0 saturated carbocycles. The monoisotopic (exact) mass is 144 g/mol. The van der Waals surface area contributed by atoms with Crippen molar-refractivity contribution in [3.63, 3.8) is 0 Å². The smallest absolute Gasteiger partial charge is 0.109 e. The van der Waals surface area contributed by atoms with E-state index in [1.54, 1.807) is 13.2 Å². The topological polar surface area (TPSA) is 36.4 Å². The predicted molar refractivity (Wildman–Crippen MR) is 35.4 cm³/mol. The minimum Gasteiger partial charge on any atom is -0.314 e. The van der Waals surface area contributed by atoms with Crippen molar-refractivity contribution in [2.45, 2.75) is 6.54 Å². The highest BCUT2D eigenvalue weighted by molar-refractivity contribution is 7.09. The minimum absolute atomic E-state index is 0.512. The normalized spacial score (nSPS) is 10.6. The van der Waals surface area contributed by atoms with Gasteiger partial charge >= 0.3 is 0 Å². The molecule has 1 heterocycles. The molecule has 0 unspecified atom stereocenters. The summed E-state index contributed by atoms with van der Waals surface area (Å²) in [6.45, 7) is 0.512. The van der Waals surface area contributed by atoms with Gasteiger partial charge in [-0.25, -0.2) is 4.98 Å². The highest BCUT2D eigenvalue weighted by Crippen LogP contribution is 2.04. The third-order valence-corrected chi connectivity index (χ3v) is 1.61. The average Bonchev–Trinajstić information content (AvgIpc) is 2.15. The molecule has 3 nitrogen and oxygen atoms in total. The SMILES string of the molecule is CN(O)Cc1nccs1. The van der Waals surface area contributed by atoms with E-state index in [1.807, 2.05) is 5.38 Å². The summed E-state index contributed by atoms with van der Waals surface area (Å²) in [6.07, 6.45) is 1.73. The van der Waals surface area contributed by atoms with Crippen LogP contribution in [0, 0.1) is 0 Å². The lowest BCUT2D eigenvalue weighted by Gasteiger charge is -2.02. The Morgan fingerprint density at radius 1 is 1.89 bits per heavy atom. The molecule has 50 valence electrons. The van der Waals surface area contributed by atoms with Crippen molar-refractivity contribution in [2.75, 3.05) is 7.05 Å². The lowest BCUT2D eigenvalue weighted by Crippen LogP contribution is -2.10. The van der Waals surface area contributed by atoms with Crippen molar-refractivity contribution in [1.82, 2.24) is 10.0 Å². The van der Waals surface area contributed by atoms with Crippen LogP contribution >= 0.6 is 11.3 Å². The first-order chi connectivity index (χ1) is 4.29. The largest absolute Gasteiger partial charge is 0.314 e. The predicted octanol–water partition coefficient (Wildman–Crippen LogP) is 0.964. The number of thiazole rings is 1. The average molecular weight is 144 g/mol. The number of rotatable bonds is 2. The molecular weight excluding hydrogens is 136 g/mol. The zero-order chi connectivity index (χ0) is 6.69. The van der Waals surface area contributed by atoms with E-state index >= 15 is 0 Å². The van der Waals surface area contributed by atoms with Gasteiger partial charge < -0.3 is 5.21 Å². The van der Waals surface area contributed by atoms with E-state index in [-0.39, 0.29) is 0 Å². The summed E-state index contributed by atoms with van der Waals surface area (Å²) in [5.41, 5.74) is 0. The van der Waals surface area contributed by atoms with E-state index in [0.29, 0.717) is 6.54 Å². The Labute approximate surface area is 57.5 Å². The van der Waals surface area contributed by atoms with Crippen LogP contribution in [0.15, 0.2) is 11.6 Å². The molecule has 0 aliphatic rings. The molecule has 9 heavy (non-hydrogen) atoms. The van der Waals surface area contributed by atoms with E-state index in [1.165, 1.54) is 11.3 Å². The molecule has 0 radical (unpaired) electrons. The molecule has 4 heteroatoms. The van der Waals surface area contributed by atoms with Crippen LogP contribution in [-0.2, 0) is 6.54 Å². The van der Waals surface area contributed by atoms with Crippen molar-refractivity contribution in [1.29, 1.82) is 0 Å². The lowest BCUT2D eigenvalue weighted by molar-refractivity contribution is -0.0731. The Balaban J connectivity index is 2.48. The van der Waals surface area contributed by atoms with Crippen LogP contribution in [0.4, 0.5) is 0 Å². The van der Waals surface area contributed by atoms with Crippen LogP contribution in [0.2, 0.25) is 0 Å². The number of hydrogen-bond donors (Lipinski definition) is 1. The summed E-state index contributed by atoms with van der Waals surface area (Å²) in [6, 6.07) is 0. The summed E-state index contributed by atoms with van der Waals surface area (Å²) in [7, 11) is 1.60. The summed E-state index contributed by atoms with van der Waals surface area (Å²) in [5, 5.41) is 12.7. The van der Waals surface area contributed by atoms with Gasteiger partial charge in [-0.3, -0.25) is 0 Å². The van der Waals surface area contributed by atoms with Crippen molar-refractivity contribution in [2.24, 2.45) is 0 Å². The van der Waals surface area contributed by atoms with Crippen molar-refractivity contribution < 1.29 is 5.21 Å². The van der Waals surface area contributed by atoms with Crippen LogP contribution in [0.1, 0.15) is 5.01 Å². The summed E-state index contributed by atoms with van der Waals surface area (Å²) in [5.74, 6) is 0. The second-order valence-electron chi connectivity index (χ2n) is 1.74. The molecule has 1 N–H and O–H groups in total. The van der Waals surface area contributed by atoms with Crippen molar-refractivity contribution >= 4 is 11.3 Å². The Morgan fingerprint density at radius 3 is 3.11 bits per heavy atom. The quantitative estimate of drug-likeness (QED) is 0.628. The maximum absolute atomic E-state index is 8.72. The van der Waals surface area contributed by atoms with Gasteiger partial charge in [-0.2, -0.15) is 5.06 Å². The van der Waals surface area contributed by atoms with Gasteiger partial charge in [0.2, 0.25) is 0 Å². The van der Waals surface area contributed by atoms with Gasteiger partial charge in [-0.15, -0.1) is 11.3 Å². The zero-order valence-electron chi connectivity index (χ0n) is 5.11. The fourth-order valence-electron chi connectivity index (χ4n) is 0.527. The highest BCUT2D eigenvalue weighted by Gasteiger charge is 1.95. The first-order valence-electron chi connectivity index (χ1n) is 2.57. The van der Waals surface area contributed by atoms with Gasteiger partial charge in [-0.05, 0) is 0 Å². The number of hydrogen-bond acceptors (Lipinski definition) is 4. The number of aromatic nitrogens is 1. The van der Waals surface area contributed by atoms with Gasteiger partial charge in [-0.1, -0.05) is 0 Å². The van der Waals surface area contributed by atoms with E-state index in [9.17, 15) is 0 Å². The molecule has 0 atom stereocenters. The molecule has 0 aliphatic heterocycles. The van der Waals surface area contributed by atoms with Crippen LogP contribution in [-0.4, -0.2) is 22.3 Å². The second-order valence-corrected chi connectivity index (χ2v) is 2.72. The molecule has 0 aliphatic carbocycles. The summed E-state index contributed by atoms with van der Waals surface area (Å²) in [4.78, 5) is 3.97. The van der Waals surface area contributed by atoms with Gasteiger partial charge in [0.15, 0.2) is 0 Å². The molecule has 0 amide bonds. The van der Waals surface area contributed by atoms with Gasteiger partial charge in [0.05, 0.1) is 6.54 Å². The molecule has 1 aromatic heterocycles. The minimum atomic E-state index is 0.512. The van der Waals surface area contributed by atoms with Gasteiger partial charge in [0.1, 0.15) is 5.01 Å². The fourth-order valence-corrected chi connectivity index (χ4v) is 1.19. The zero-order valence-corrected chi connectivity index (χ0v) is 5.93. The van der Waals surface area contributed by atoms with E-state index in [4.69, 9.17) is 5.21 Å². The first-order valence-corrected chi connectivity index (χ1v) is 3.45. The Hall–Kier alpha value is -0.450. The second kappa shape index (κ2) is 2.91. The molecule has 1 aromatic rings. The molecular formula is C5H8N2OS. The molecule has 0 aromatic carbocycles.